The Kier molecular flexibility index (Phi) is 2.67. The summed E-state index contributed by atoms with van der Waals surface area (Å²) >= 11 is 1.62. The molecule has 3 aromatic rings. The first-order chi connectivity index (χ1) is 8.42. The Morgan fingerprint density at radius 3 is 2.71 bits per heavy atom. The highest BCUT2D eigenvalue weighted by Gasteiger charge is 2.06. The first-order valence-electron chi connectivity index (χ1n) is 5.27. The van der Waals surface area contributed by atoms with Gasteiger partial charge in [-0.1, -0.05) is 36.4 Å². The maximum atomic E-state index is 4.35. The third-order valence-electron chi connectivity index (χ3n) is 2.36. The van der Waals surface area contributed by atoms with Crippen molar-refractivity contribution in [1.29, 1.82) is 0 Å². The average Bonchev–Trinajstić information content (AvgIpc) is 3.00. The standard InChI is InChI=1S/C12H10N4S/c1-2-5-10(6-3-1)9-16-14-12(13-15-16)11-7-4-8-17-11/h1-8H,9H2. The fourth-order valence-corrected chi connectivity index (χ4v) is 2.21. The van der Waals surface area contributed by atoms with Crippen molar-refractivity contribution >= 4 is 11.3 Å². The summed E-state index contributed by atoms with van der Waals surface area (Å²) < 4.78 is 0. The molecule has 0 fully saturated rings. The van der Waals surface area contributed by atoms with Gasteiger partial charge >= 0.3 is 0 Å². The van der Waals surface area contributed by atoms with E-state index < -0.39 is 0 Å². The van der Waals surface area contributed by atoms with E-state index in [1.54, 1.807) is 16.1 Å². The first-order valence-corrected chi connectivity index (χ1v) is 6.15. The molecule has 17 heavy (non-hydrogen) atoms. The average molecular weight is 242 g/mol. The maximum absolute atomic E-state index is 4.35. The van der Waals surface area contributed by atoms with Crippen LogP contribution in [0.4, 0.5) is 0 Å². The molecule has 0 radical (unpaired) electrons. The lowest BCUT2D eigenvalue weighted by Crippen LogP contribution is -2.03. The molecule has 5 heteroatoms. The van der Waals surface area contributed by atoms with Crippen molar-refractivity contribution in [2.24, 2.45) is 0 Å². The number of hydrogen-bond acceptors (Lipinski definition) is 4. The lowest BCUT2D eigenvalue weighted by molar-refractivity contribution is 0.573. The number of tetrazole rings is 1. The maximum Gasteiger partial charge on any atom is 0.214 e. The van der Waals surface area contributed by atoms with Crippen LogP contribution in [0.15, 0.2) is 47.8 Å². The molecule has 0 atom stereocenters. The topological polar surface area (TPSA) is 43.6 Å². The van der Waals surface area contributed by atoms with E-state index in [-0.39, 0.29) is 0 Å². The predicted molar refractivity (Wildman–Crippen MR) is 66.7 cm³/mol. The monoisotopic (exact) mass is 242 g/mol. The van der Waals surface area contributed by atoms with Gasteiger partial charge in [0.15, 0.2) is 0 Å². The Morgan fingerprint density at radius 1 is 1.06 bits per heavy atom. The fourth-order valence-electron chi connectivity index (χ4n) is 1.56. The van der Waals surface area contributed by atoms with Gasteiger partial charge in [0.2, 0.25) is 5.82 Å². The van der Waals surface area contributed by atoms with E-state index in [0.29, 0.717) is 12.4 Å². The Morgan fingerprint density at radius 2 is 1.94 bits per heavy atom. The van der Waals surface area contributed by atoms with E-state index in [2.05, 4.69) is 15.4 Å². The molecule has 3 rings (SSSR count). The van der Waals surface area contributed by atoms with Gasteiger partial charge in [-0.2, -0.15) is 4.80 Å². The van der Waals surface area contributed by atoms with E-state index in [9.17, 15) is 0 Å². The van der Waals surface area contributed by atoms with E-state index in [0.717, 1.165) is 4.88 Å². The van der Waals surface area contributed by atoms with Gasteiger partial charge < -0.3 is 0 Å². The molecule has 0 spiro atoms. The second-order valence-electron chi connectivity index (χ2n) is 3.61. The molecule has 0 aliphatic carbocycles. The number of hydrogen-bond donors (Lipinski definition) is 0. The van der Waals surface area contributed by atoms with Crippen LogP contribution >= 0.6 is 11.3 Å². The number of thiophene rings is 1. The van der Waals surface area contributed by atoms with Gasteiger partial charge in [0.1, 0.15) is 0 Å². The molecule has 0 bridgehead atoms. The van der Waals surface area contributed by atoms with Gasteiger partial charge in [-0.15, -0.1) is 21.5 Å². The number of nitrogens with zero attached hydrogens (tertiary/aromatic N) is 4. The minimum Gasteiger partial charge on any atom is -0.159 e. The van der Waals surface area contributed by atoms with E-state index >= 15 is 0 Å². The molecule has 0 N–H and O–H groups in total. The second-order valence-corrected chi connectivity index (χ2v) is 4.55. The van der Waals surface area contributed by atoms with Gasteiger partial charge in [-0.3, -0.25) is 0 Å². The second kappa shape index (κ2) is 4.47. The molecule has 0 amide bonds. The zero-order valence-electron chi connectivity index (χ0n) is 9.02. The molecule has 2 heterocycles. The highest BCUT2D eigenvalue weighted by Crippen LogP contribution is 2.19. The zero-order valence-corrected chi connectivity index (χ0v) is 9.84. The normalized spacial score (nSPS) is 10.6. The molecule has 1 aromatic carbocycles. The number of rotatable bonds is 3. The third-order valence-corrected chi connectivity index (χ3v) is 3.23. The summed E-state index contributed by atoms with van der Waals surface area (Å²) in [5, 5.41) is 14.5. The quantitative estimate of drug-likeness (QED) is 0.708. The van der Waals surface area contributed by atoms with Crippen molar-refractivity contribution in [3.63, 3.8) is 0 Å². The van der Waals surface area contributed by atoms with Crippen LogP contribution in [0.1, 0.15) is 5.56 Å². The van der Waals surface area contributed by atoms with Crippen LogP contribution in [-0.4, -0.2) is 20.2 Å². The van der Waals surface area contributed by atoms with Crippen molar-refractivity contribution in [3.8, 4) is 10.7 Å². The summed E-state index contributed by atoms with van der Waals surface area (Å²) in [5.74, 6) is 0.691. The fraction of sp³-hybridized carbons (Fsp3) is 0.0833. The third kappa shape index (κ3) is 2.24. The molecule has 4 nitrogen and oxygen atoms in total. The van der Waals surface area contributed by atoms with Gasteiger partial charge in [0.05, 0.1) is 11.4 Å². The van der Waals surface area contributed by atoms with Crippen molar-refractivity contribution in [2.45, 2.75) is 6.54 Å². The van der Waals surface area contributed by atoms with Crippen LogP contribution in [0, 0.1) is 0 Å². The lowest BCUT2D eigenvalue weighted by atomic mass is 10.2. The molecule has 0 unspecified atom stereocenters. The summed E-state index contributed by atoms with van der Waals surface area (Å²) in [5.41, 5.74) is 1.17. The summed E-state index contributed by atoms with van der Waals surface area (Å²) in [4.78, 5) is 2.66. The Labute approximate surface area is 103 Å². The minimum atomic E-state index is 0.652. The van der Waals surface area contributed by atoms with Crippen molar-refractivity contribution in [3.05, 3.63) is 53.4 Å². The molecule has 0 aliphatic heterocycles. The highest BCUT2D eigenvalue weighted by molar-refractivity contribution is 7.13. The number of aromatic nitrogens is 4. The molecule has 0 saturated carbocycles. The van der Waals surface area contributed by atoms with Crippen molar-refractivity contribution in [1.82, 2.24) is 20.2 Å². The van der Waals surface area contributed by atoms with Gasteiger partial charge in [-0.25, -0.2) is 0 Å². The summed E-state index contributed by atoms with van der Waals surface area (Å²) in [6, 6.07) is 14.1. The summed E-state index contributed by atoms with van der Waals surface area (Å²) in [6.45, 7) is 0.652. The van der Waals surface area contributed by atoms with Gasteiger partial charge in [-0.05, 0) is 22.2 Å². The molecule has 0 saturated heterocycles. The lowest BCUT2D eigenvalue weighted by Gasteiger charge is -1.97. The van der Waals surface area contributed by atoms with E-state index in [1.807, 2.05) is 47.8 Å². The van der Waals surface area contributed by atoms with Gasteiger partial charge in [0.25, 0.3) is 0 Å². The molecular formula is C12H10N4S. The van der Waals surface area contributed by atoms with Gasteiger partial charge in [0, 0.05) is 0 Å². The smallest absolute Gasteiger partial charge is 0.159 e. The molecule has 2 aromatic heterocycles. The van der Waals surface area contributed by atoms with Crippen molar-refractivity contribution in [2.75, 3.05) is 0 Å². The Hall–Kier alpha value is -2.01. The zero-order chi connectivity index (χ0) is 11.5. The van der Waals surface area contributed by atoms with Crippen LogP contribution in [0.2, 0.25) is 0 Å². The molecular weight excluding hydrogens is 232 g/mol. The van der Waals surface area contributed by atoms with Crippen LogP contribution < -0.4 is 0 Å². The van der Waals surface area contributed by atoms with E-state index in [4.69, 9.17) is 0 Å². The highest BCUT2D eigenvalue weighted by atomic mass is 32.1. The summed E-state index contributed by atoms with van der Waals surface area (Å²) in [6.07, 6.45) is 0. The van der Waals surface area contributed by atoms with Crippen LogP contribution in [-0.2, 0) is 6.54 Å². The molecule has 84 valence electrons. The Bertz CT molecular complexity index is 586. The van der Waals surface area contributed by atoms with Crippen LogP contribution in [0.25, 0.3) is 10.7 Å². The van der Waals surface area contributed by atoms with Crippen molar-refractivity contribution < 1.29 is 0 Å². The minimum absolute atomic E-state index is 0.652. The summed E-state index contributed by atoms with van der Waals surface area (Å²) in [7, 11) is 0. The first kappa shape index (κ1) is 10.2. The number of benzene rings is 1. The largest absolute Gasteiger partial charge is 0.214 e. The van der Waals surface area contributed by atoms with Crippen LogP contribution in [0.5, 0.6) is 0 Å². The SMILES string of the molecule is c1ccc(Cn2nnc(-c3cccs3)n2)cc1. The van der Waals surface area contributed by atoms with Crippen LogP contribution in [0.3, 0.4) is 0 Å². The molecule has 0 aliphatic rings. The van der Waals surface area contributed by atoms with E-state index in [1.165, 1.54) is 5.56 Å². The predicted octanol–water partition coefficient (Wildman–Crippen LogP) is 2.45. The Balaban J connectivity index is 1.82.